The molecule has 3 aromatic heterocycles. The molecule has 1 unspecified atom stereocenters. The van der Waals surface area contributed by atoms with Gasteiger partial charge in [0.15, 0.2) is 5.52 Å². The molecule has 0 bridgehead atoms. The van der Waals surface area contributed by atoms with Crippen molar-refractivity contribution in [1.29, 1.82) is 0 Å². The van der Waals surface area contributed by atoms with Crippen molar-refractivity contribution in [2.24, 2.45) is 7.05 Å². The van der Waals surface area contributed by atoms with E-state index >= 15 is 0 Å². The molecule has 7 nitrogen and oxygen atoms in total. The minimum absolute atomic E-state index is 0.0185. The summed E-state index contributed by atoms with van der Waals surface area (Å²) in [5.41, 5.74) is 4.64. The Balaban J connectivity index is 1.76. The van der Waals surface area contributed by atoms with Gasteiger partial charge < -0.3 is 14.6 Å². The predicted molar refractivity (Wildman–Crippen MR) is 111 cm³/mol. The first-order chi connectivity index (χ1) is 13.5. The van der Waals surface area contributed by atoms with E-state index in [2.05, 4.69) is 27.4 Å². The number of carbonyl (C=O) groups is 1. The Labute approximate surface area is 166 Å². The van der Waals surface area contributed by atoms with Crippen LogP contribution in [0.3, 0.4) is 0 Å². The van der Waals surface area contributed by atoms with Crippen LogP contribution in [0.2, 0.25) is 0 Å². The van der Waals surface area contributed by atoms with Crippen LogP contribution < -0.4 is 10.1 Å². The fraction of sp³-hybridized carbons (Fsp3) is 0.300. The number of benzene rings is 1. The molecular weight excluding hydrogens is 374 g/mol. The lowest BCUT2D eigenvalue weighted by atomic mass is 10.0. The summed E-state index contributed by atoms with van der Waals surface area (Å²) in [6.45, 7) is 3.54. The number of ether oxygens (including phenoxy) is 1. The summed E-state index contributed by atoms with van der Waals surface area (Å²) in [4.78, 5) is 25.9. The topological polar surface area (TPSA) is 81.9 Å². The van der Waals surface area contributed by atoms with Crippen molar-refractivity contribution in [3.63, 3.8) is 0 Å². The number of nitrogens with one attached hydrogen (secondary N) is 1. The zero-order chi connectivity index (χ0) is 19.8. The summed E-state index contributed by atoms with van der Waals surface area (Å²) >= 11 is 1.53. The number of hydrogen-bond acceptors (Lipinski definition) is 6. The summed E-state index contributed by atoms with van der Waals surface area (Å²) in [6, 6.07) is 8.32. The van der Waals surface area contributed by atoms with Crippen LogP contribution in [0, 0.1) is 0 Å². The van der Waals surface area contributed by atoms with E-state index < -0.39 is 0 Å². The number of aromatic nitrogens is 4. The van der Waals surface area contributed by atoms with E-state index in [-0.39, 0.29) is 11.9 Å². The Morgan fingerprint density at radius 1 is 1.32 bits per heavy atom. The maximum Gasteiger partial charge on any atom is 0.243 e. The van der Waals surface area contributed by atoms with Crippen LogP contribution in [-0.4, -0.2) is 38.6 Å². The minimum atomic E-state index is -0.0185. The van der Waals surface area contributed by atoms with Crippen molar-refractivity contribution >= 4 is 38.6 Å². The number of hydrogen-bond donors (Lipinski definition) is 1. The first kappa shape index (κ1) is 18.4. The summed E-state index contributed by atoms with van der Waals surface area (Å²) in [5, 5.41) is 3.82. The van der Waals surface area contributed by atoms with E-state index in [1.54, 1.807) is 13.4 Å². The monoisotopic (exact) mass is 395 g/mol. The van der Waals surface area contributed by atoms with E-state index in [0.717, 1.165) is 38.4 Å². The van der Waals surface area contributed by atoms with Gasteiger partial charge in [0, 0.05) is 25.6 Å². The first-order valence-corrected chi connectivity index (χ1v) is 9.80. The molecule has 0 saturated heterocycles. The van der Waals surface area contributed by atoms with Crippen molar-refractivity contribution in [2.45, 2.75) is 26.3 Å². The first-order valence-electron chi connectivity index (χ1n) is 8.98. The third kappa shape index (κ3) is 3.31. The molecule has 1 aromatic carbocycles. The molecule has 0 aliphatic rings. The molecule has 0 aliphatic carbocycles. The van der Waals surface area contributed by atoms with E-state index in [1.807, 2.05) is 30.7 Å². The van der Waals surface area contributed by atoms with Gasteiger partial charge in [-0.15, -0.1) is 0 Å². The lowest BCUT2D eigenvalue weighted by Gasteiger charge is -2.12. The number of nitrogens with zero attached hydrogens (tertiary/aromatic N) is 4. The average Bonchev–Trinajstić information content (AvgIpc) is 3.24. The van der Waals surface area contributed by atoms with Crippen LogP contribution in [0.5, 0.6) is 5.88 Å². The molecule has 0 aliphatic heterocycles. The van der Waals surface area contributed by atoms with Crippen molar-refractivity contribution < 1.29 is 9.53 Å². The van der Waals surface area contributed by atoms with Gasteiger partial charge in [0.2, 0.25) is 11.8 Å². The number of rotatable bonds is 5. The maximum atomic E-state index is 11.3. The van der Waals surface area contributed by atoms with Gasteiger partial charge >= 0.3 is 0 Å². The summed E-state index contributed by atoms with van der Waals surface area (Å²) in [6.07, 6.45) is 2.51. The zero-order valence-electron chi connectivity index (χ0n) is 16.2. The van der Waals surface area contributed by atoms with Gasteiger partial charge in [-0.25, -0.2) is 9.97 Å². The Hall–Kier alpha value is -3.00. The van der Waals surface area contributed by atoms with Gasteiger partial charge in [-0.3, -0.25) is 4.79 Å². The van der Waals surface area contributed by atoms with E-state index in [9.17, 15) is 4.79 Å². The highest BCUT2D eigenvalue weighted by atomic mass is 32.1. The van der Waals surface area contributed by atoms with Gasteiger partial charge in [0.05, 0.1) is 13.4 Å². The highest BCUT2D eigenvalue weighted by Gasteiger charge is 2.18. The van der Waals surface area contributed by atoms with Crippen LogP contribution in [0.4, 0.5) is 0 Å². The fourth-order valence-electron chi connectivity index (χ4n) is 3.40. The van der Waals surface area contributed by atoms with Crippen molar-refractivity contribution in [3.8, 4) is 16.5 Å². The number of imidazole rings is 1. The molecule has 3 heterocycles. The Morgan fingerprint density at radius 2 is 2.14 bits per heavy atom. The molecule has 0 fully saturated rings. The quantitative estimate of drug-likeness (QED) is 0.561. The maximum absolute atomic E-state index is 11.3. The standard InChI is InChI=1S/C20H21N5O2S/c1-11(22-12(2)26)8-13-6-5-7-14(9-13)19-23-16-17-15(21-10-25(17)3)18(27-4)24-20(16)28-19/h5-7,9-11H,8H2,1-4H3,(H,22,26). The van der Waals surface area contributed by atoms with Gasteiger partial charge in [0.25, 0.3) is 0 Å². The third-order valence-electron chi connectivity index (χ3n) is 4.54. The van der Waals surface area contributed by atoms with Crippen LogP contribution >= 0.6 is 11.3 Å². The van der Waals surface area contributed by atoms with Crippen molar-refractivity contribution in [2.75, 3.05) is 7.11 Å². The summed E-state index contributed by atoms with van der Waals surface area (Å²) in [5.74, 6) is 0.492. The molecular formula is C20H21N5O2S. The van der Waals surface area contributed by atoms with Crippen molar-refractivity contribution in [3.05, 3.63) is 36.2 Å². The minimum Gasteiger partial charge on any atom is -0.479 e. The molecule has 0 spiro atoms. The largest absolute Gasteiger partial charge is 0.479 e. The van der Waals surface area contributed by atoms with Gasteiger partial charge in [0.1, 0.15) is 20.9 Å². The molecule has 0 saturated carbocycles. The predicted octanol–water partition coefficient (Wildman–Crippen LogP) is 3.32. The molecule has 4 rings (SSSR count). The summed E-state index contributed by atoms with van der Waals surface area (Å²) in [7, 11) is 3.54. The molecule has 4 aromatic rings. The number of amides is 1. The van der Waals surface area contributed by atoms with Gasteiger partial charge in [-0.05, 0) is 25.0 Å². The number of carbonyl (C=O) groups excluding carboxylic acids is 1. The smallest absolute Gasteiger partial charge is 0.243 e. The van der Waals surface area contributed by atoms with Gasteiger partial charge in [-0.1, -0.05) is 29.5 Å². The summed E-state index contributed by atoms with van der Waals surface area (Å²) < 4.78 is 7.36. The molecule has 0 radical (unpaired) electrons. The average molecular weight is 395 g/mol. The molecule has 144 valence electrons. The van der Waals surface area contributed by atoms with Crippen LogP contribution in [-0.2, 0) is 18.3 Å². The molecule has 1 N–H and O–H groups in total. The number of pyridine rings is 1. The van der Waals surface area contributed by atoms with Crippen LogP contribution in [0.1, 0.15) is 19.4 Å². The normalized spacial score (nSPS) is 12.4. The second kappa shape index (κ2) is 7.20. The lowest BCUT2D eigenvalue weighted by Crippen LogP contribution is -2.31. The number of fused-ring (bicyclic) bond motifs is 3. The van der Waals surface area contributed by atoms with E-state index in [0.29, 0.717) is 11.4 Å². The number of thiazole rings is 1. The van der Waals surface area contributed by atoms with Crippen molar-refractivity contribution in [1.82, 2.24) is 24.8 Å². The van der Waals surface area contributed by atoms with E-state index in [1.165, 1.54) is 18.3 Å². The van der Waals surface area contributed by atoms with E-state index in [4.69, 9.17) is 9.72 Å². The molecule has 28 heavy (non-hydrogen) atoms. The highest BCUT2D eigenvalue weighted by Crippen LogP contribution is 2.36. The van der Waals surface area contributed by atoms with Crippen LogP contribution in [0.25, 0.3) is 32.0 Å². The fourth-order valence-corrected chi connectivity index (χ4v) is 4.33. The van der Waals surface area contributed by atoms with Crippen LogP contribution in [0.15, 0.2) is 30.6 Å². The van der Waals surface area contributed by atoms with Gasteiger partial charge in [-0.2, -0.15) is 4.98 Å². The highest BCUT2D eigenvalue weighted by molar-refractivity contribution is 7.21. The molecule has 8 heteroatoms. The zero-order valence-corrected chi connectivity index (χ0v) is 17.0. The SMILES string of the molecule is COc1nc2sc(-c3cccc(CC(C)NC(C)=O)c3)nc2c2c1ncn2C. The number of methoxy groups -OCH3 is 1. The molecule has 1 amide bonds. The number of aryl methyl sites for hydroxylation is 1. The Kier molecular flexibility index (Phi) is 4.72. The third-order valence-corrected chi connectivity index (χ3v) is 5.53. The Morgan fingerprint density at radius 3 is 2.89 bits per heavy atom. The second-order valence-corrected chi connectivity index (χ2v) is 7.83. The molecule has 1 atom stereocenters. The lowest BCUT2D eigenvalue weighted by molar-refractivity contribution is -0.119. The second-order valence-electron chi connectivity index (χ2n) is 6.85. The Bertz CT molecular complexity index is 1180.